The molecule has 0 aliphatic carbocycles. The Kier molecular flexibility index (Phi) is 13.1. The molecule has 0 radical (unpaired) electrons. The van der Waals surface area contributed by atoms with Gasteiger partial charge < -0.3 is 0 Å². The van der Waals surface area contributed by atoms with Crippen molar-refractivity contribution in [2.24, 2.45) is 0 Å². The summed E-state index contributed by atoms with van der Waals surface area (Å²) in [6, 6.07) is 19.1. The van der Waals surface area contributed by atoms with Crippen molar-refractivity contribution < 1.29 is 8.42 Å². The van der Waals surface area contributed by atoms with Gasteiger partial charge in [0.2, 0.25) is 0 Å². The molecule has 2 aromatic rings. The van der Waals surface area contributed by atoms with E-state index in [-0.39, 0.29) is 0 Å². The maximum absolute atomic E-state index is 13.6. The largest absolute Gasteiger partial charge is 0.223 e. The van der Waals surface area contributed by atoms with Crippen molar-refractivity contribution in [3.63, 3.8) is 0 Å². The zero-order valence-corrected chi connectivity index (χ0v) is 24.2. The van der Waals surface area contributed by atoms with Crippen LogP contribution in [0.25, 0.3) is 0 Å². The normalized spacial score (nSPS) is 14.0. The summed E-state index contributed by atoms with van der Waals surface area (Å²) in [5.74, 6) is 0.827. The topological polar surface area (TPSA) is 34.1 Å². The van der Waals surface area contributed by atoms with Gasteiger partial charge in [0.1, 0.15) is 0 Å². The summed E-state index contributed by atoms with van der Waals surface area (Å²) in [7, 11) is -3.48. The first-order valence-corrected chi connectivity index (χ1v) is 15.3. The number of hydrogen-bond acceptors (Lipinski definition) is 3. The average molecular weight is 523 g/mol. The third-order valence-corrected chi connectivity index (χ3v) is 8.98. The van der Waals surface area contributed by atoms with Crippen molar-refractivity contribution in [2.75, 3.05) is 5.75 Å². The van der Waals surface area contributed by atoms with E-state index < -0.39 is 15.1 Å². The van der Waals surface area contributed by atoms with Crippen molar-refractivity contribution in [3.8, 4) is 0 Å². The first kappa shape index (κ1) is 29.9. The predicted molar refractivity (Wildman–Crippen MR) is 158 cm³/mol. The van der Waals surface area contributed by atoms with Crippen LogP contribution in [0.2, 0.25) is 0 Å². The number of allylic oxidation sites excluding steroid dienone is 6. The molecule has 0 aliphatic heterocycles. The molecule has 2 aromatic carbocycles. The molecule has 0 saturated heterocycles. The Morgan fingerprint density at radius 1 is 0.750 bits per heavy atom. The highest BCUT2D eigenvalue weighted by Gasteiger charge is 2.25. The minimum Gasteiger partial charge on any atom is -0.223 e. The SMILES string of the molecule is CC(C)=CCC/C(C)=C/CC/C(C)=C/C(C/C(C)=C/CSc1ccccc1)S(=O)(=O)c1ccccc1. The highest BCUT2D eigenvalue weighted by molar-refractivity contribution is 7.99. The van der Waals surface area contributed by atoms with E-state index in [9.17, 15) is 8.42 Å². The Morgan fingerprint density at radius 3 is 1.97 bits per heavy atom. The van der Waals surface area contributed by atoms with Gasteiger partial charge in [-0.15, -0.1) is 11.8 Å². The van der Waals surface area contributed by atoms with Crippen molar-refractivity contribution >= 4 is 21.6 Å². The van der Waals surface area contributed by atoms with Crippen LogP contribution in [0.15, 0.2) is 117 Å². The average Bonchev–Trinajstić information content (AvgIpc) is 2.84. The molecule has 194 valence electrons. The van der Waals surface area contributed by atoms with Gasteiger partial charge in [0.05, 0.1) is 10.1 Å². The van der Waals surface area contributed by atoms with E-state index in [1.807, 2.05) is 37.3 Å². The number of rotatable bonds is 14. The summed E-state index contributed by atoms with van der Waals surface area (Å²) < 4.78 is 27.1. The fourth-order valence-corrected chi connectivity index (χ4v) is 6.57. The van der Waals surface area contributed by atoms with Gasteiger partial charge in [0, 0.05) is 10.6 Å². The van der Waals surface area contributed by atoms with Gasteiger partial charge in [-0.05, 0) is 91.0 Å². The van der Waals surface area contributed by atoms with E-state index >= 15 is 0 Å². The summed E-state index contributed by atoms with van der Waals surface area (Å²) in [5, 5.41) is -0.569. The summed E-state index contributed by atoms with van der Waals surface area (Å²) >= 11 is 1.76. The molecular weight excluding hydrogens is 480 g/mol. The number of benzene rings is 2. The van der Waals surface area contributed by atoms with Crippen LogP contribution in [0.5, 0.6) is 0 Å². The number of thioether (sulfide) groups is 1. The lowest BCUT2D eigenvalue weighted by Gasteiger charge is -2.16. The monoisotopic (exact) mass is 522 g/mol. The fourth-order valence-electron chi connectivity index (χ4n) is 3.88. The summed E-state index contributed by atoms with van der Waals surface area (Å²) in [4.78, 5) is 1.61. The molecule has 0 N–H and O–H groups in total. The molecule has 1 unspecified atom stereocenters. The molecule has 2 rings (SSSR count). The molecule has 0 amide bonds. The van der Waals surface area contributed by atoms with Crippen molar-refractivity contribution in [1.29, 1.82) is 0 Å². The summed E-state index contributed by atoms with van der Waals surface area (Å²) in [5.41, 5.74) is 4.97. The highest BCUT2D eigenvalue weighted by atomic mass is 32.2. The lowest BCUT2D eigenvalue weighted by molar-refractivity contribution is 0.587. The third-order valence-electron chi connectivity index (χ3n) is 6.01. The molecule has 0 aromatic heterocycles. The van der Waals surface area contributed by atoms with Crippen LogP contribution >= 0.6 is 11.8 Å². The minimum atomic E-state index is -3.48. The van der Waals surface area contributed by atoms with E-state index in [0.29, 0.717) is 11.3 Å². The van der Waals surface area contributed by atoms with Gasteiger partial charge in [0.15, 0.2) is 9.84 Å². The lowest BCUT2D eigenvalue weighted by atomic mass is 10.0. The van der Waals surface area contributed by atoms with E-state index in [4.69, 9.17) is 0 Å². The first-order chi connectivity index (χ1) is 17.2. The molecule has 0 spiro atoms. The van der Waals surface area contributed by atoms with Crippen LogP contribution in [-0.4, -0.2) is 19.4 Å². The number of hydrogen-bond donors (Lipinski definition) is 0. The maximum atomic E-state index is 13.6. The van der Waals surface area contributed by atoms with Gasteiger partial charge >= 0.3 is 0 Å². The van der Waals surface area contributed by atoms with Gasteiger partial charge in [0.25, 0.3) is 0 Å². The van der Waals surface area contributed by atoms with Gasteiger partial charge in [-0.3, -0.25) is 0 Å². The number of sulfone groups is 1. The predicted octanol–water partition coefficient (Wildman–Crippen LogP) is 9.38. The second-order valence-corrected chi connectivity index (χ2v) is 13.0. The summed E-state index contributed by atoms with van der Waals surface area (Å²) in [6.45, 7) is 10.5. The molecule has 1 atom stereocenters. The van der Waals surface area contributed by atoms with Gasteiger partial charge in [-0.2, -0.15) is 0 Å². The molecule has 2 nitrogen and oxygen atoms in total. The molecule has 0 heterocycles. The third kappa shape index (κ3) is 11.2. The second-order valence-electron chi connectivity index (χ2n) is 9.70. The Balaban J connectivity index is 2.11. The Labute approximate surface area is 224 Å². The van der Waals surface area contributed by atoms with Crippen LogP contribution in [0, 0.1) is 0 Å². The van der Waals surface area contributed by atoms with Crippen molar-refractivity contribution in [3.05, 3.63) is 107 Å². The zero-order chi connectivity index (χ0) is 26.4. The lowest BCUT2D eigenvalue weighted by Crippen LogP contribution is -2.20. The Bertz CT molecular complexity index is 1150. The molecule has 36 heavy (non-hydrogen) atoms. The van der Waals surface area contributed by atoms with Crippen molar-refractivity contribution in [2.45, 2.75) is 81.8 Å². The van der Waals surface area contributed by atoms with E-state index in [0.717, 1.165) is 42.6 Å². The maximum Gasteiger partial charge on any atom is 0.185 e. The minimum absolute atomic E-state index is 0.389. The van der Waals surface area contributed by atoms with Gasteiger partial charge in [-0.1, -0.05) is 83.0 Å². The van der Waals surface area contributed by atoms with Crippen LogP contribution in [0.1, 0.15) is 66.7 Å². The smallest absolute Gasteiger partial charge is 0.185 e. The van der Waals surface area contributed by atoms with E-state index in [1.165, 1.54) is 16.0 Å². The second kappa shape index (κ2) is 15.7. The van der Waals surface area contributed by atoms with E-state index in [2.05, 4.69) is 58.1 Å². The Hall–Kier alpha value is -2.30. The van der Waals surface area contributed by atoms with Gasteiger partial charge in [-0.25, -0.2) is 8.42 Å². The van der Waals surface area contributed by atoms with Crippen molar-refractivity contribution in [1.82, 2.24) is 0 Å². The highest BCUT2D eigenvalue weighted by Crippen LogP contribution is 2.25. The molecule has 0 aliphatic rings. The molecule has 4 heteroatoms. The summed E-state index contributed by atoms with van der Waals surface area (Å²) in [6.07, 6.45) is 13.2. The van der Waals surface area contributed by atoms with Crippen LogP contribution < -0.4 is 0 Å². The zero-order valence-electron chi connectivity index (χ0n) is 22.5. The molecule has 0 fully saturated rings. The van der Waals surface area contributed by atoms with Crippen LogP contribution in [-0.2, 0) is 9.84 Å². The van der Waals surface area contributed by atoms with E-state index in [1.54, 1.807) is 36.0 Å². The van der Waals surface area contributed by atoms with Crippen LogP contribution in [0.3, 0.4) is 0 Å². The molecule has 0 saturated carbocycles. The standard InChI is InChI=1S/C32H42O2S2/c1-26(2)14-12-15-27(3)16-13-17-28(4)24-32(36(33,34)31-20-10-7-11-21-31)25-29(5)22-23-35-30-18-8-6-9-19-30/h6-11,14,16,18-22,24,32H,12-13,15,17,23,25H2,1-5H3/b27-16+,28-24+,29-22+. The Morgan fingerprint density at radius 2 is 1.33 bits per heavy atom. The van der Waals surface area contributed by atoms with Crippen LogP contribution in [0.4, 0.5) is 0 Å². The quantitative estimate of drug-likeness (QED) is 0.183. The fraction of sp³-hybridized carbons (Fsp3) is 0.375. The molecular formula is C32H42O2S2. The first-order valence-electron chi connectivity index (χ1n) is 12.8. The molecule has 0 bridgehead atoms.